The Morgan fingerprint density at radius 1 is 1.33 bits per heavy atom. The van der Waals surface area contributed by atoms with Crippen LogP contribution in [-0.4, -0.2) is 50.2 Å². The average Bonchev–Trinajstić information content (AvgIpc) is 3.41. The van der Waals surface area contributed by atoms with Gasteiger partial charge in [-0.25, -0.2) is 4.99 Å². The van der Waals surface area contributed by atoms with E-state index >= 15 is 0 Å². The Morgan fingerprint density at radius 3 is 2.67 bits per heavy atom. The average molecular weight is 446 g/mol. The summed E-state index contributed by atoms with van der Waals surface area (Å²) in [5, 5.41) is 6.76. The molecule has 0 spiro atoms. The first-order valence-corrected chi connectivity index (χ1v) is 8.51. The molecule has 0 bridgehead atoms. The Morgan fingerprint density at radius 2 is 2.04 bits per heavy atom. The molecule has 1 atom stereocenters. The summed E-state index contributed by atoms with van der Waals surface area (Å²) in [6.07, 6.45) is 2.67. The van der Waals surface area contributed by atoms with Gasteiger partial charge in [-0.1, -0.05) is 18.2 Å². The molecule has 6 heteroatoms. The minimum Gasteiger partial charge on any atom is -0.496 e. The van der Waals surface area contributed by atoms with Gasteiger partial charge in [0, 0.05) is 30.7 Å². The highest BCUT2D eigenvalue weighted by Gasteiger charge is 2.28. The lowest BCUT2D eigenvalue weighted by molar-refractivity contribution is 0.247. The maximum absolute atomic E-state index is 5.38. The van der Waals surface area contributed by atoms with Gasteiger partial charge >= 0.3 is 0 Å². The third-order valence-electron chi connectivity index (χ3n) is 4.33. The van der Waals surface area contributed by atoms with Crippen molar-refractivity contribution in [3.63, 3.8) is 0 Å². The predicted molar refractivity (Wildman–Crippen MR) is 111 cm³/mol. The fourth-order valence-corrected chi connectivity index (χ4v) is 2.57. The number of para-hydroxylation sites is 1. The Hall–Kier alpha value is -1.02. The van der Waals surface area contributed by atoms with E-state index in [-0.39, 0.29) is 24.0 Å². The molecule has 1 unspecified atom stereocenters. The number of benzene rings is 1. The van der Waals surface area contributed by atoms with Crippen LogP contribution in [0.15, 0.2) is 29.3 Å². The lowest BCUT2D eigenvalue weighted by atomic mass is 10.2. The summed E-state index contributed by atoms with van der Waals surface area (Å²) in [5.41, 5.74) is 1.09. The molecule has 24 heavy (non-hydrogen) atoms. The van der Waals surface area contributed by atoms with Crippen molar-refractivity contribution >= 4 is 29.9 Å². The van der Waals surface area contributed by atoms with E-state index in [1.165, 1.54) is 12.8 Å². The lowest BCUT2D eigenvalue weighted by Gasteiger charge is -2.25. The highest BCUT2D eigenvalue weighted by molar-refractivity contribution is 14.0. The highest BCUT2D eigenvalue weighted by Crippen LogP contribution is 2.26. The van der Waals surface area contributed by atoms with Gasteiger partial charge in [0.1, 0.15) is 5.75 Å². The van der Waals surface area contributed by atoms with Crippen LogP contribution in [0.3, 0.4) is 0 Å². The number of ether oxygens (including phenoxy) is 1. The highest BCUT2D eigenvalue weighted by atomic mass is 127. The first-order valence-electron chi connectivity index (χ1n) is 8.51. The molecule has 2 rings (SSSR count). The first kappa shape index (κ1) is 21.0. The molecule has 0 amide bonds. The maximum Gasteiger partial charge on any atom is 0.191 e. The molecule has 0 saturated heterocycles. The molecule has 5 nitrogen and oxygen atoms in total. The number of hydrogen-bond acceptors (Lipinski definition) is 3. The van der Waals surface area contributed by atoms with Crippen LogP contribution in [0.2, 0.25) is 0 Å². The van der Waals surface area contributed by atoms with E-state index in [0.717, 1.165) is 36.4 Å². The normalized spacial score (nSPS) is 15.6. The molecule has 1 aromatic rings. The van der Waals surface area contributed by atoms with Crippen LogP contribution in [0.4, 0.5) is 0 Å². The SMILES string of the molecule is CCNC(=NCc1ccccc1OC)NCC(C)N(C)C1CC1.I. The fraction of sp³-hybridized carbons (Fsp3) is 0.611. The predicted octanol–water partition coefficient (Wildman–Crippen LogP) is 2.85. The molecular formula is C18H31IN4O. The molecule has 2 N–H and O–H groups in total. The number of rotatable bonds is 8. The molecule has 0 heterocycles. The molecule has 136 valence electrons. The van der Waals surface area contributed by atoms with Gasteiger partial charge in [0.25, 0.3) is 0 Å². The Labute approximate surface area is 163 Å². The molecule has 0 radical (unpaired) electrons. The second kappa shape index (κ2) is 10.8. The molecule has 0 aliphatic heterocycles. The van der Waals surface area contributed by atoms with Crippen molar-refractivity contribution in [2.24, 2.45) is 4.99 Å². The fourth-order valence-electron chi connectivity index (χ4n) is 2.57. The van der Waals surface area contributed by atoms with Crippen LogP contribution in [0.1, 0.15) is 32.3 Å². The monoisotopic (exact) mass is 446 g/mol. The summed E-state index contributed by atoms with van der Waals surface area (Å²) in [6.45, 7) is 6.69. The zero-order chi connectivity index (χ0) is 16.7. The van der Waals surface area contributed by atoms with E-state index in [1.54, 1.807) is 7.11 Å². The van der Waals surface area contributed by atoms with Crippen molar-refractivity contribution in [2.45, 2.75) is 45.3 Å². The van der Waals surface area contributed by atoms with Gasteiger partial charge in [-0.2, -0.15) is 0 Å². The number of hydrogen-bond donors (Lipinski definition) is 2. The van der Waals surface area contributed by atoms with Crippen LogP contribution < -0.4 is 15.4 Å². The molecule has 1 fully saturated rings. The molecule has 1 aromatic carbocycles. The van der Waals surface area contributed by atoms with Crippen molar-refractivity contribution in [1.29, 1.82) is 0 Å². The largest absolute Gasteiger partial charge is 0.496 e. The summed E-state index contributed by atoms with van der Waals surface area (Å²) in [5.74, 6) is 1.74. The smallest absolute Gasteiger partial charge is 0.191 e. The Balaban J connectivity index is 0.00000288. The molecule has 1 aliphatic rings. The van der Waals surface area contributed by atoms with Gasteiger partial charge in [0.2, 0.25) is 0 Å². The number of aliphatic imine (C=N–C) groups is 1. The summed E-state index contributed by atoms with van der Waals surface area (Å²) >= 11 is 0. The van der Waals surface area contributed by atoms with E-state index in [1.807, 2.05) is 18.2 Å². The minimum absolute atomic E-state index is 0. The Kier molecular flexibility index (Phi) is 9.43. The van der Waals surface area contributed by atoms with Gasteiger partial charge in [-0.05, 0) is 39.8 Å². The van der Waals surface area contributed by atoms with Crippen LogP contribution in [0.5, 0.6) is 5.75 Å². The number of halogens is 1. The topological polar surface area (TPSA) is 48.9 Å². The zero-order valence-electron chi connectivity index (χ0n) is 15.2. The maximum atomic E-state index is 5.38. The standard InChI is InChI=1S/C18H30N4O.HI/c1-5-19-18(20-12-14(2)22(3)16-10-11-16)21-13-15-8-6-7-9-17(15)23-4;/h6-9,14,16H,5,10-13H2,1-4H3,(H2,19,20,21);1H. The number of nitrogens with one attached hydrogen (secondary N) is 2. The van der Waals surface area contributed by atoms with E-state index in [9.17, 15) is 0 Å². The third kappa shape index (κ3) is 6.47. The molecular weight excluding hydrogens is 415 g/mol. The van der Waals surface area contributed by atoms with Gasteiger partial charge < -0.3 is 15.4 Å². The van der Waals surface area contributed by atoms with Gasteiger partial charge in [-0.3, -0.25) is 4.90 Å². The van der Waals surface area contributed by atoms with Crippen LogP contribution >= 0.6 is 24.0 Å². The van der Waals surface area contributed by atoms with E-state index in [0.29, 0.717) is 12.6 Å². The van der Waals surface area contributed by atoms with Crippen molar-refractivity contribution in [3.8, 4) is 5.75 Å². The van der Waals surface area contributed by atoms with Crippen molar-refractivity contribution in [2.75, 3.05) is 27.2 Å². The number of nitrogens with zero attached hydrogens (tertiary/aromatic N) is 2. The second-order valence-electron chi connectivity index (χ2n) is 6.13. The van der Waals surface area contributed by atoms with Crippen molar-refractivity contribution in [1.82, 2.24) is 15.5 Å². The van der Waals surface area contributed by atoms with Gasteiger partial charge in [0.05, 0.1) is 13.7 Å². The zero-order valence-corrected chi connectivity index (χ0v) is 17.5. The summed E-state index contributed by atoms with van der Waals surface area (Å²) in [4.78, 5) is 7.14. The van der Waals surface area contributed by atoms with Crippen LogP contribution in [0, 0.1) is 0 Å². The Bertz CT molecular complexity index is 519. The lowest BCUT2D eigenvalue weighted by Crippen LogP contribution is -2.45. The van der Waals surface area contributed by atoms with E-state index in [4.69, 9.17) is 4.74 Å². The number of guanidine groups is 1. The molecule has 1 aliphatic carbocycles. The van der Waals surface area contributed by atoms with Gasteiger partial charge in [-0.15, -0.1) is 24.0 Å². The molecule has 1 saturated carbocycles. The first-order chi connectivity index (χ1) is 11.2. The summed E-state index contributed by atoms with van der Waals surface area (Å²) < 4.78 is 5.38. The van der Waals surface area contributed by atoms with Crippen LogP contribution in [0.25, 0.3) is 0 Å². The molecule has 0 aromatic heterocycles. The summed E-state index contributed by atoms with van der Waals surface area (Å²) in [6, 6.07) is 9.29. The number of methoxy groups -OCH3 is 1. The van der Waals surface area contributed by atoms with Crippen molar-refractivity contribution in [3.05, 3.63) is 29.8 Å². The third-order valence-corrected chi connectivity index (χ3v) is 4.33. The second-order valence-corrected chi connectivity index (χ2v) is 6.13. The quantitative estimate of drug-likeness (QED) is 0.367. The number of likely N-dealkylation sites (N-methyl/N-ethyl adjacent to an activating group) is 1. The van der Waals surface area contributed by atoms with Crippen LogP contribution in [-0.2, 0) is 6.54 Å². The minimum atomic E-state index is 0. The van der Waals surface area contributed by atoms with Gasteiger partial charge in [0.15, 0.2) is 5.96 Å². The van der Waals surface area contributed by atoms with E-state index in [2.05, 4.69) is 47.5 Å². The van der Waals surface area contributed by atoms with Crippen molar-refractivity contribution < 1.29 is 4.74 Å². The van der Waals surface area contributed by atoms with E-state index < -0.39 is 0 Å². The summed E-state index contributed by atoms with van der Waals surface area (Å²) in [7, 11) is 3.91.